The molecule has 0 aromatic carbocycles. The molecule has 3 rings (SSSR count). The Bertz CT molecular complexity index is 487. The highest BCUT2D eigenvalue weighted by molar-refractivity contribution is 7.99. The van der Waals surface area contributed by atoms with E-state index in [1.54, 1.807) is 0 Å². The topological polar surface area (TPSA) is 38.2 Å². The number of nitrogens with zero attached hydrogens (tertiary/aromatic N) is 3. The molecule has 2 fully saturated rings. The molecule has 0 amide bonds. The van der Waals surface area contributed by atoms with Crippen LogP contribution in [-0.4, -0.2) is 46.9 Å². The molecule has 5 heteroatoms. The van der Waals surface area contributed by atoms with Crippen LogP contribution in [0.5, 0.6) is 0 Å². The third kappa shape index (κ3) is 5.73. The normalized spacial score (nSPS) is 19.2. The third-order valence-corrected chi connectivity index (χ3v) is 5.43. The standard InChI is InChI=1S/C18H29N3OS/c1-2-3-4-5-12-23-18-19-16(13-17(20-18)15-6-7-15)14-21-8-10-22-11-9-21/h13,15H,2-12,14H2,1H3. The van der Waals surface area contributed by atoms with Crippen molar-refractivity contribution in [1.29, 1.82) is 0 Å². The lowest BCUT2D eigenvalue weighted by Gasteiger charge is -2.26. The zero-order chi connectivity index (χ0) is 15.9. The first-order chi connectivity index (χ1) is 11.3. The molecule has 128 valence electrons. The highest BCUT2D eigenvalue weighted by Crippen LogP contribution is 2.39. The van der Waals surface area contributed by atoms with Crippen molar-refractivity contribution in [2.75, 3.05) is 32.1 Å². The van der Waals surface area contributed by atoms with Gasteiger partial charge in [-0.1, -0.05) is 37.9 Å². The van der Waals surface area contributed by atoms with Gasteiger partial charge in [-0.05, 0) is 25.3 Å². The molecule has 4 nitrogen and oxygen atoms in total. The Morgan fingerprint density at radius 2 is 2.00 bits per heavy atom. The van der Waals surface area contributed by atoms with E-state index in [-0.39, 0.29) is 0 Å². The lowest BCUT2D eigenvalue weighted by atomic mass is 10.2. The van der Waals surface area contributed by atoms with Crippen molar-refractivity contribution < 1.29 is 4.74 Å². The first-order valence-electron chi connectivity index (χ1n) is 9.16. The van der Waals surface area contributed by atoms with Crippen LogP contribution in [0.4, 0.5) is 0 Å². The Labute approximate surface area is 144 Å². The van der Waals surface area contributed by atoms with Gasteiger partial charge < -0.3 is 4.74 Å². The van der Waals surface area contributed by atoms with Crippen molar-refractivity contribution in [2.45, 2.75) is 63.1 Å². The van der Waals surface area contributed by atoms with Crippen molar-refractivity contribution in [3.8, 4) is 0 Å². The van der Waals surface area contributed by atoms with Crippen LogP contribution in [0, 0.1) is 0 Å². The SMILES string of the molecule is CCCCCCSc1nc(CN2CCOCC2)cc(C2CC2)n1. The van der Waals surface area contributed by atoms with Gasteiger partial charge in [0.05, 0.1) is 18.9 Å². The summed E-state index contributed by atoms with van der Waals surface area (Å²) in [5.74, 6) is 1.84. The average Bonchev–Trinajstić information content (AvgIpc) is 3.40. The minimum atomic E-state index is 0.695. The predicted molar refractivity (Wildman–Crippen MR) is 95.0 cm³/mol. The Balaban J connectivity index is 1.59. The number of hydrogen-bond acceptors (Lipinski definition) is 5. The first-order valence-corrected chi connectivity index (χ1v) is 10.1. The fraction of sp³-hybridized carbons (Fsp3) is 0.778. The molecule has 0 spiro atoms. The molecule has 1 aromatic rings. The van der Waals surface area contributed by atoms with Gasteiger partial charge in [-0.25, -0.2) is 9.97 Å². The lowest BCUT2D eigenvalue weighted by Crippen LogP contribution is -2.36. The van der Waals surface area contributed by atoms with Gasteiger partial charge in [0, 0.05) is 37.0 Å². The number of rotatable bonds is 9. The molecule has 0 unspecified atom stereocenters. The van der Waals surface area contributed by atoms with Gasteiger partial charge in [0.25, 0.3) is 0 Å². The van der Waals surface area contributed by atoms with Crippen molar-refractivity contribution in [1.82, 2.24) is 14.9 Å². The van der Waals surface area contributed by atoms with Gasteiger partial charge in [-0.3, -0.25) is 4.90 Å². The quantitative estimate of drug-likeness (QED) is 0.389. The molecule has 1 aliphatic carbocycles. The van der Waals surface area contributed by atoms with Crippen LogP contribution in [-0.2, 0) is 11.3 Å². The summed E-state index contributed by atoms with van der Waals surface area (Å²) in [7, 11) is 0. The molecular formula is C18H29N3OS. The van der Waals surface area contributed by atoms with Gasteiger partial charge in [-0.2, -0.15) is 0 Å². The Hall–Kier alpha value is -0.650. The molecule has 1 saturated carbocycles. The summed E-state index contributed by atoms with van der Waals surface area (Å²) < 4.78 is 5.44. The van der Waals surface area contributed by atoms with Gasteiger partial charge in [-0.15, -0.1) is 0 Å². The van der Waals surface area contributed by atoms with E-state index in [1.165, 1.54) is 49.9 Å². The predicted octanol–water partition coefficient (Wildman–Crippen LogP) is 3.86. The van der Waals surface area contributed by atoms with E-state index in [9.17, 15) is 0 Å². The Morgan fingerprint density at radius 1 is 1.17 bits per heavy atom. The number of morpholine rings is 1. The largest absolute Gasteiger partial charge is 0.379 e. The summed E-state index contributed by atoms with van der Waals surface area (Å²) in [4.78, 5) is 12.1. The molecule has 2 heterocycles. The van der Waals surface area contributed by atoms with Crippen LogP contribution < -0.4 is 0 Å². The molecular weight excluding hydrogens is 306 g/mol. The fourth-order valence-electron chi connectivity index (χ4n) is 2.91. The van der Waals surface area contributed by atoms with Gasteiger partial charge in [0.15, 0.2) is 5.16 Å². The van der Waals surface area contributed by atoms with Crippen LogP contribution in [0.25, 0.3) is 0 Å². The van der Waals surface area contributed by atoms with Crippen LogP contribution >= 0.6 is 11.8 Å². The highest BCUT2D eigenvalue weighted by Gasteiger charge is 2.26. The molecule has 1 saturated heterocycles. The second-order valence-electron chi connectivity index (χ2n) is 6.64. The Morgan fingerprint density at radius 3 is 2.74 bits per heavy atom. The maximum absolute atomic E-state index is 5.44. The van der Waals surface area contributed by atoms with Gasteiger partial charge >= 0.3 is 0 Å². The summed E-state index contributed by atoms with van der Waals surface area (Å²) in [6.45, 7) is 6.92. The first kappa shape index (κ1) is 17.2. The zero-order valence-electron chi connectivity index (χ0n) is 14.3. The molecule has 0 atom stereocenters. The van der Waals surface area contributed by atoms with Crippen LogP contribution in [0.1, 0.15) is 62.8 Å². The molecule has 2 aliphatic rings. The maximum atomic E-state index is 5.44. The second kappa shape index (κ2) is 9.00. The van der Waals surface area contributed by atoms with Crippen molar-refractivity contribution in [3.63, 3.8) is 0 Å². The molecule has 0 bridgehead atoms. The summed E-state index contributed by atoms with van der Waals surface area (Å²) in [5, 5.41) is 0.995. The van der Waals surface area contributed by atoms with Crippen LogP contribution in [0.2, 0.25) is 0 Å². The van der Waals surface area contributed by atoms with Crippen LogP contribution in [0.15, 0.2) is 11.2 Å². The minimum absolute atomic E-state index is 0.695. The van der Waals surface area contributed by atoms with E-state index in [4.69, 9.17) is 14.7 Å². The van der Waals surface area contributed by atoms with E-state index in [2.05, 4.69) is 17.9 Å². The van der Waals surface area contributed by atoms with E-state index >= 15 is 0 Å². The van der Waals surface area contributed by atoms with E-state index in [0.29, 0.717) is 5.92 Å². The monoisotopic (exact) mass is 335 g/mol. The Kier molecular flexibility index (Phi) is 6.72. The lowest BCUT2D eigenvalue weighted by molar-refractivity contribution is 0.0335. The smallest absolute Gasteiger partial charge is 0.188 e. The second-order valence-corrected chi connectivity index (χ2v) is 7.70. The van der Waals surface area contributed by atoms with Crippen molar-refractivity contribution >= 4 is 11.8 Å². The highest BCUT2D eigenvalue weighted by atomic mass is 32.2. The molecule has 0 N–H and O–H groups in total. The zero-order valence-corrected chi connectivity index (χ0v) is 15.1. The van der Waals surface area contributed by atoms with Crippen molar-refractivity contribution in [3.05, 3.63) is 17.5 Å². The molecule has 1 aliphatic heterocycles. The molecule has 1 aromatic heterocycles. The number of thioether (sulfide) groups is 1. The van der Waals surface area contributed by atoms with Gasteiger partial charge in [0.2, 0.25) is 0 Å². The summed E-state index contributed by atoms with van der Waals surface area (Å²) in [6.07, 6.45) is 7.83. The van der Waals surface area contributed by atoms with E-state index in [1.807, 2.05) is 11.8 Å². The number of unbranched alkanes of at least 4 members (excludes halogenated alkanes) is 3. The maximum Gasteiger partial charge on any atom is 0.188 e. The molecule has 23 heavy (non-hydrogen) atoms. The average molecular weight is 336 g/mol. The summed E-state index contributed by atoms with van der Waals surface area (Å²) in [5.41, 5.74) is 2.47. The number of ether oxygens (including phenoxy) is 1. The fourth-order valence-corrected chi connectivity index (χ4v) is 3.79. The van der Waals surface area contributed by atoms with Gasteiger partial charge in [0.1, 0.15) is 0 Å². The third-order valence-electron chi connectivity index (χ3n) is 4.49. The van der Waals surface area contributed by atoms with E-state index in [0.717, 1.165) is 43.8 Å². The van der Waals surface area contributed by atoms with E-state index < -0.39 is 0 Å². The number of hydrogen-bond donors (Lipinski definition) is 0. The summed E-state index contributed by atoms with van der Waals surface area (Å²) in [6, 6.07) is 2.24. The molecule has 0 radical (unpaired) electrons. The van der Waals surface area contributed by atoms with Crippen molar-refractivity contribution in [2.24, 2.45) is 0 Å². The van der Waals surface area contributed by atoms with Crippen LogP contribution in [0.3, 0.4) is 0 Å². The number of aromatic nitrogens is 2. The minimum Gasteiger partial charge on any atom is -0.379 e. The summed E-state index contributed by atoms with van der Waals surface area (Å²) >= 11 is 1.84.